The number of hydrogen-bond donors (Lipinski definition) is 2. The van der Waals surface area contributed by atoms with Crippen LogP contribution in [0.5, 0.6) is 0 Å². The lowest BCUT2D eigenvalue weighted by molar-refractivity contribution is -0.117. The Labute approximate surface area is 147 Å². The normalized spacial score (nSPS) is 10.9. The molecule has 24 heavy (non-hydrogen) atoms. The van der Waals surface area contributed by atoms with Crippen molar-refractivity contribution in [1.82, 2.24) is 10.9 Å². The Hall–Kier alpha value is -2.63. The molecule has 1 aromatic heterocycles. The predicted molar refractivity (Wildman–Crippen MR) is 97.9 cm³/mol. The standard InChI is InChI=1S/C18H13ClN2O2S/c19-17-13-8-4-5-9-14(13)24-15(17)10-11-16(22)20-21-18(23)12-6-2-1-3-7-12/h1-11H,(H,20,22)(H,21,23)/b11-10+. The molecule has 0 fully saturated rings. The Morgan fingerprint density at radius 3 is 2.42 bits per heavy atom. The van der Waals surface area contributed by atoms with Crippen LogP contribution in [0.4, 0.5) is 0 Å². The van der Waals surface area contributed by atoms with E-state index >= 15 is 0 Å². The van der Waals surface area contributed by atoms with Crippen LogP contribution in [-0.2, 0) is 4.79 Å². The summed E-state index contributed by atoms with van der Waals surface area (Å²) in [7, 11) is 0. The Balaban J connectivity index is 1.63. The average molecular weight is 357 g/mol. The lowest BCUT2D eigenvalue weighted by Crippen LogP contribution is -2.40. The van der Waals surface area contributed by atoms with Crippen LogP contribution in [0.3, 0.4) is 0 Å². The van der Waals surface area contributed by atoms with Gasteiger partial charge in [-0.25, -0.2) is 0 Å². The zero-order valence-electron chi connectivity index (χ0n) is 12.5. The molecule has 3 rings (SSSR count). The molecule has 0 aliphatic heterocycles. The largest absolute Gasteiger partial charge is 0.269 e. The highest BCUT2D eigenvalue weighted by Gasteiger charge is 2.08. The van der Waals surface area contributed by atoms with Gasteiger partial charge in [0, 0.05) is 26.6 Å². The van der Waals surface area contributed by atoms with Crippen molar-refractivity contribution in [1.29, 1.82) is 0 Å². The minimum absolute atomic E-state index is 0.378. The summed E-state index contributed by atoms with van der Waals surface area (Å²) < 4.78 is 1.06. The topological polar surface area (TPSA) is 58.2 Å². The molecule has 0 unspecified atom stereocenters. The Morgan fingerprint density at radius 2 is 1.67 bits per heavy atom. The summed E-state index contributed by atoms with van der Waals surface area (Å²) in [6, 6.07) is 16.4. The summed E-state index contributed by atoms with van der Waals surface area (Å²) >= 11 is 7.81. The van der Waals surface area contributed by atoms with Crippen molar-refractivity contribution in [3.63, 3.8) is 0 Å². The Kier molecular flexibility index (Phi) is 4.93. The number of carbonyl (C=O) groups is 2. The van der Waals surface area contributed by atoms with Crippen molar-refractivity contribution in [2.75, 3.05) is 0 Å². The number of thiophene rings is 1. The molecule has 0 atom stereocenters. The zero-order chi connectivity index (χ0) is 16.9. The van der Waals surface area contributed by atoms with Gasteiger partial charge >= 0.3 is 0 Å². The second-order valence-electron chi connectivity index (χ2n) is 4.92. The number of rotatable bonds is 3. The lowest BCUT2D eigenvalue weighted by Gasteiger charge is -2.04. The van der Waals surface area contributed by atoms with Gasteiger partial charge in [-0.15, -0.1) is 11.3 Å². The smallest absolute Gasteiger partial charge is 0.268 e. The first kappa shape index (κ1) is 16.2. The summed E-state index contributed by atoms with van der Waals surface area (Å²) in [6.45, 7) is 0. The fourth-order valence-electron chi connectivity index (χ4n) is 2.11. The molecule has 2 amide bonds. The number of hydrazine groups is 1. The summed E-state index contributed by atoms with van der Waals surface area (Å²) in [5.74, 6) is -0.815. The molecule has 2 aromatic carbocycles. The third-order valence-corrected chi connectivity index (χ3v) is 4.94. The first-order valence-corrected chi connectivity index (χ1v) is 8.35. The maximum absolute atomic E-state index is 11.8. The van der Waals surface area contributed by atoms with Gasteiger partial charge in [0.25, 0.3) is 11.8 Å². The molecule has 0 spiro atoms. The van der Waals surface area contributed by atoms with Gasteiger partial charge in [0.05, 0.1) is 5.02 Å². The number of amides is 2. The molecule has 0 bridgehead atoms. The second kappa shape index (κ2) is 7.29. The average Bonchev–Trinajstić information content (AvgIpc) is 2.95. The van der Waals surface area contributed by atoms with Crippen molar-refractivity contribution >= 4 is 50.9 Å². The Morgan fingerprint density at radius 1 is 0.958 bits per heavy atom. The van der Waals surface area contributed by atoms with Gasteiger partial charge in [-0.05, 0) is 24.3 Å². The van der Waals surface area contributed by atoms with Gasteiger partial charge < -0.3 is 0 Å². The van der Waals surface area contributed by atoms with Crippen LogP contribution in [0, 0.1) is 0 Å². The van der Waals surface area contributed by atoms with E-state index < -0.39 is 5.91 Å². The van der Waals surface area contributed by atoms with Crippen LogP contribution in [0.1, 0.15) is 15.2 Å². The third-order valence-electron chi connectivity index (χ3n) is 3.28. The molecular formula is C18H13ClN2O2S. The predicted octanol–water partition coefficient (Wildman–Crippen LogP) is 4.03. The van der Waals surface area contributed by atoms with E-state index in [1.165, 1.54) is 17.4 Å². The molecule has 120 valence electrons. The van der Waals surface area contributed by atoms with Gasteiger partial charge in [0.1, 0.15) is 0 Å². The number of halogens is 1. The maximum atomic E-state index is 11.8. The molecule has 0 saturated carbocycles. The number of nitrogens with one attached hydrogen (secondary N) is 2. The SMILES string of the molecule is O=C(/C=C/c1sc2ccccc2c1Cl)NNC(=O)c1ccccc1. The first-order valence-electron chi connectivity index (χ1n) is 7.15. The molecule has 0 radical (unpaired) electrons. The fraction of sp³-hybridized carbons (Fsp3) is 0. The number of carbonyl (C=O) groups excluding carboxylic acids is 2. The molecule has 4 nitrogen and oxygen atoms in total. The van der Waals surface area contributed by atoms with Gasteiger partial charge in [0.15, 0.2) is 0 Å². The van der Waals surface area contributed by atoms with Crippen molar-refractivity contribution in [3.05, 3.63) is 76.1 Å². The van der Waals surface area contributed by atoms with Crippen LogP contribution >= 0.6 is 22.9 Å². The zero-order valence-corrected chi connectivity index (χ0v) is 14.0. The number of benzene rings is 2. The van der Waals surface area contributed by atoms with Gasteiger partial charge in [-0.3, -0.25) is 20.4 Å². The van der Waals surface area contributed by atoms with E-state index in [1.807, 2.05) is 30.3 Å². The molecule has 2 N–H and O–H groups in total. The highest BCUT2D eigenvalue weighted by molar-refractivity contribution is 7.20. The second-order valence-corrected chi connectivity index (χ2v) is 6.38. The van der Waals surface area contributed by atoms with E-state index in [9.17, 15) is 9.59 Å². The molecule has 1 heterocycles. The molecule has 6 heteroatoms. The Bertz CT molecular complexity index is 919. The third kappa shape index (κ3) is 3.64. The van der Waals surface area contributed by atoms with E-state index in [1.54, 1.807) is 30.3 Å². The minimum atomic E-state index is -0.437. The number of hydrogen-bond acceptors (Lipinski definition) is 3. The summed E-state index contributed by atoms with van der Waals surface area (Å²) in [5, 5.41) is 1.58. The minimum Gasteiger partial charge on any atom is -0.268 e. The molecule has 0 aliphatic rings. The van der Waals surface area contributed by atoms with E-state index in [2.05, 4.69) is 10.9 Å². The van der Waals surface area contributed by atoms with E-state index in [0.717, 1.165) is 15.0 Å². The maximum Gasteiger partial charge on any atom is 0.269 e. The van der Waals surface area contributed by atoms with Crippen molar-refractivity contribution in [2.45, 2.75) is 0 Å². The molecular weight excluding hydrogens is 344 g/mol. The van der Waals surface area contributed by atoms with Crippen LogP contribution in [0.25, 0.3) is 16.2 Å². The van der Waals surface area contributed by atoms with Gasteiger partial charge in [0.2, 0.25) is 0 Å². The van der Waals surface area contributed by atoms with E-state index in [4.69, 9.17) is 11.6 Å². The lowest BCUT2D eigenvalue weighted by atomic mass is 10.2. The van der Waals surface area contributed by atoms with E-state index in [-0.39, 0.29) is 5.91 Å². The van der Waals surface area contributed by atoms with Crippen LogP contribution in [-0.4, -0.2) is 11.8 Å². The fourth-order valence-corrected chi connectivity index (χ4v) is 3.51. The summed E-state index contributed by atoms with van der Waals surface area (Å²) in [4.78, 5) is 24.4. The van der Waals surface area contributed by atoms with Gasteiger partial charge in [-0.1, -0.05) is 48.0 Å². The van der Waals surface area contributed by atoms with E-state index in [0.29, 0.717) is 10.6 Å². The highest BCUT2D eigenvalue weighted by atomic mass is 35.5. The molecule has 0 aliphatic carbocycles. The summed E-state index contributed by atoms with van der Waals surface area (Å²) in [6.07, 6.45) is 2.97. The van der Waals surface area contributed by atoms with Crippen molar-refractivity contribution in [3.8, 4) is 0 Å². The first-order chi connectivity index (χ1) is 11.6. The summed E-state index contributed by atoms with van der Waals surface area (Å²) in [5.41, 5.74) is 5.16. The molecule has 3 aromatic rings. The molecule has 0 saturated heterocycles. The van der Waals surface area contributed by atoms with Crippen LogP contribution in [0.2, 0.25) is 5.02 Å². The highest BCUT2D eigenvalue weighted by Crippen LogP contribution is 2.35. The van der Waals surface area contributed by atoms with Crippen molar-refractivity contribution < 1.29 is 9.59 Å². The van der Waals surface area contributed by atoms with Crippen LogP contribution < -0.4 is 10.9 Å². The van der Waals surface area contributed by atoms with Gasteiger partial charge in [-0.2, -0.15) is 0 Å². The quantitative estimate of drug-likeness (QED) is 0.550. The van der Waals surface area contributed by atoms with Crippen LogP contribution in [0.15, 0.2) is 60.7 Å². The number of fused-ring (bicyclic) bond motifs is 1. The van der Waals surface area contributed by atoms with Crippen molar-refractivity contribution in [2.24, 2.45) is 0 Å². The monoisotopic (exact) mass is 356 g/mol.